The summed E-state index contributed by atoms with van der Waals surface area (Å²) in [4.78, 5) is 6.87. The molecule has 5 heteroatoms. The van der Waals surface area contributed by atoms with E-state index in [4.69, 9.17) is 17.3 Å². The van der Waals surface area contributed by atoms with Crippen molar-refractivity contribution in [2.75, 3.05) is 18.0 Å². The topological polar surface area (TPSA) is 42.1 Å². The van der Waals surface area contributed by atoms with Crippen LogP contribution in [0.2, 0.25) is 5.02 Å². The Balaban J connectivity index is 2.19. The van der Waals surface area contributed by atoms with Gasteiger partial charge in [-0.3, -0.25) is 0 Å². The van der Waals surface area contributed by atoms with Crippen LogP contribution < -0.4 is 10.6 Å². The first-order valence-electron chi connectivity index (χ1n) is 7.00. The Bertz CT molecular complexity index is 408. The maximum Gasteiger partial charge on any atom is 0.147 e. The average Bonchev–Trinajstić information content (AvgIpc) is 2.42. The van der Waals surface area contributed by atoms with Crippen LogP contribution in [-0.4, -0.2) is 24.1 Å². The van der Waals surface area contributed by atoms with Gasteiger partial charge >= 0.3 is 0 Å². The van der Waals surface area contributed by atoms with Crippen molar-refractivity contribution in [2.24, 2.45) is 5.73 Å². The van der Waals surface area contributed by atoms with E-state index in [2.05, 4.69) is 25.8 Å². The van der Waals surface area contributed by atoms with Crippen molar-refractivity contribution in [3.8, 4) is 0 Å². The zero-order chi connectivity index (χ0) is 13.7. The van der Waals surface area contributed by atoms with Gasteiger partial charge in [-0.25, -0.2) is 4.98 Å². The predicted molar refractivity (Wildman–Crippen MR) is 84.8 cm³/mol. The molecule has 0 spiro atoms. The highest BCUT2D eigenvalue weighted by Gasteiger charge is 2.23. The molecule has 106 valence electrons. The Hall–Kier alpha value is -0.320. The summed E-state index contributed by atoms with van der Waals surface area (Å²) in [5.74, 6) is 0.908. The van der Waals surface area contributed by atoms with Crippen molar-refractivity contribution in [1.29, 1.82) is 0 Å². The van der Waals surface area contributed by atoms with Gasteiger partial charge in [-0.2, -0.15) is 0 Å². The second-order valence-electron chi connectivity index (χ2n) is 5.09. The Morgan fingerprint density at radius 1 is 1.37 bits per heavy atom. The first-order chi connectivity index (χ1) is 9.22. The molecule has 1 aromatic rings. The molecule has 1 fully saturated rings. The minimum absolute atomic E-state index is 0.562. The van der Waals surface area contributed by atoms with Crippen LogP contribution in [0.3, 0.4) is 0 Å². The molecule has 2 rings (SSSR count). The fraction of sp³-hybridized carbons (Fsp3) is 0.643. The van der Waals surface area contributed by atoms with Crippen LogP contribution in [0, 0.1) is 0 Å². The van der Waals surface area contributed by atoms with E-state index >= 15 is 0 Å². The largest absolute Gasteiger partial charge is 0.352 e. The molecule has 1 aromatic heterocycles. The molecule has 1 aliphatic rings. The number of halogens is 2. The number of nitrogens with zero attached hydrogens (tertiary/aromatic N) is 2. The molecule has 1 aliphatic carbocycles. The number of hydrogen-bond acceptors (Lipinski definition) is 3. The molecule has 0 aromatic carbocycles. The minimum Gasteiger partial charge on any atom is -0.352 e. The lowest BCUT2D eigenvalue weighted by molar-refractivity contribution is 0.411. The van der Waals surface area contributed by atoms with E-state index in [1.54, 1.807) is 0 Å². The smallest absolute Gasteiger partial charge is 0.147 e. The first-order valence-corrected chi connectivity index (χ1v) is 8.17. The highest BCUT2D eigenvalue weighted by atomic mass is 79.9. The second-order valence-corrected chi connectivity index (χ2v) is 6.41. The van der Waals surface area contributed by atoms with Crippen LogP contribution in [0.5, 0.6) is 0 Å². The SMILES string of the molecule is NCCCN(c1ncc(Br)cc1Cl)C1CCCCC1. The highest BCUT2D eigenvalue weighted by molar-refractivity contribution is 9.10. The molecule has 0 radical (unpaired) electrons. The van der Waals surface area contributed by atoms with Gasteiger partial charge < -0.3 is 10.6 Å². The maximum atomic E-state index is 6.36. The number of pyridine rings is 1. The number of nitrogens with two attached hydrogens (primary N) is 1. The Kier molecular flexibility index (Phi) is 5.92. The lowest BCUT2D eigenvalue weighted by atomic mass is 9.94. The number of aromatic nitrogens is 1. The van der Waals surface area contributed by atoms with Crippen molar-refractivity contribution >= 4 is 33.3 Å². The van der Waals surface area contributed by atoms with E-state index in [1.807, 2.05) is 12.3 Å². The summed E-state index contributed by atoms with van der Waals surface area (Å²) in [6, 6.07) is 2.48. The summed E-state index contributed by atoms with van der Waals surface area (Å²) in [5, 5.41) is 0.719. The van der Waals surface area contributed by atoms with E-state index < -0.39 is 0 Å². The number of hydrogen-bond donors (Lipinski definition) is 1. The number of anilines is 1. The summed E-state index contributed by atoms with van der Waals surface area (Å²) < 4.78 is 0.920. The third-order valence-corrected chi connectivity index (χ3v) is 4.39. The van der Waals surface area contributed by atoms with Crippen molar-refractivity contribution in [2.45, 2.75) is 44.6 Å². The highest BCUT2D eigenvalue weighted by Crippen LogP contribution is 2.32. The van der Waals surface area contributed by atoms with Crippen LogP contribution in [0.15, 0.2) is 16.7 Å². The molecule has 0 aliphatic heterocycles. The van der Waals surface area contributed by atoms with Gasteiger partial charge in [-0.05, 0) is 47.8 Å². The van der Waals surface area contributed by atoms with E-state index in [1.165, 1.54) is 32.1 Å². The van der Waals surface area contributed by atoms with Crippen molar-refractivity contribution in [1.82, 2.24) is 4.98 Å². The van der Waals surface area contributed by atoms with Gasteiger partial charge in [0.2, 0.25) is 0 Å². The van der Waals surface area contributed by atoms with Gasteiger partial charge in [0, 0.05) is 23.3 Å². The zero-order valence-electron chi connectivity index (χ0n) is 11.1. The summed E-state index contributed by atoms with van der Waals surface area (Å²) >= 11 is 9.77. The summed E-state index contributed by atoms with van der Waals surface area (Å²) in [5.41, 5.74) is 5.66. The normalized spacial score (nSPS) is 16.6. The van der Waals surface area contributed by atoms with Crippen LogP contribution in [0.4, 0.5) is 5.82 Å². The van der Waals surface area contributed by atoms with Crippen molar-refractivity contribution in [3.63, 3.8) is 0 Å². The minimum atomic E-state index is 0.562. The average molecular weight is 347 g/mol. The zero-order valence-corrected chi connectivity index (χ0v) is 13.5. The summed E-state index contributed by atoms with van der Waals surface area (Å²) in [6.45, 7) is 1.65. The summed E-state index contributed by atoms with van der Waals surface area (Å²) in [6.07, 6.45) is 9.22. The Morgan fingerprint density at radius 3 is 2.74 bits per heavy atom. The van der Waals surface area contributed by atoms with Gasteiger partial charge in [0.15, 0.2) is 0 Å². The van der Waals surface area contributed by atoms with Gasteiger partial charge in [0.1, 0.15) is 5.82 Å². The molecule has 19 heavy (non-hydrogen) atoms. The second kappa shape index (κ2) is 7.46. The van der Waals surface area contributed by atoms with Gasteiger partial charge in [-0.15, -0.1) is 0 Å². The quantitative estimate of drug-likeness (QED) is 0.876. The van der Waals surface area contributed by atoms with E-state index in [0.29, 0.717) is 12.6 Å². The molecular formula is C14H21BrClN3. The first kappa shape index (κ1) is 15.1. The molecule has 1 saturated carbocycles. The van der Waals surface area contributed by atoms with Gasteiger partial charge in [0.05, 0.1) is 5.02 Å². The number of rotatable bonds is 5. The van der Waals surface area contributed by atoms with Crippen LogP contribution in [0.25, 0.3) is 0 Å². The third kappa shape index (κ3) is 4.07. The molecule has 0 unspecified atom stereocenters. The molecular weight excluding hydrogens is 326 g/mol. The van der Waals surface area contributed by atoms with E-state index in [0.717, 1.165) is 28.3 Å². The van der Waals surface area contributed by atoms with Crippen molar-refractivity contribution < 1.29 is 0 Å². The monoisotopic (exact) mass is 345 g/mol. The Labute approximate surface area is 128 Å². The summed E-state index contributed by atoms with van der Waals surface area (Å²) in [7, 11) is 0. The molecule has 0 saturated heterocycles. The molecule has 3 nitrogen and oxygen atoms in total. The molecule has 0 bridgehead atoms. The fourth-order valence-corrected chi connectivity index (χ4v) is 3.47. The molecule has 0 amide bonds. The predicted octanol–water partition coefficient (Wildman–Crippen LogP) is 3.99. The van der Waals surface area contributed by atoms with Crippen LogP contribution >= 0.6 is 27.5 Å². The third-order valence-electron chi connectivity index (χ3n) is 3.68. The van der Waals surface area contributed by atoms with Crippen LogP contribution in [0.1, 0.15) is 38.5 Å². The standard InChI is InChI=1S/C14H21BrClN3/c15-11-9-13(16)14(18-10-11)19(8-4-7-17)12-5-2-1-3-6-12/h9-10,12H,1-8,17H2. The molecule has 1 heterocycles. The lowest BCUT2D eigenvalue weighted by Gasteiger charge is -2.35. The fourth-order valence-electron chi connectivity index (χ4n) is 2.73. The molecule has 0 atom stereocenters. The maximum absolute atomic E-state index is 6.36. The van der Waals surface area contributed by atoms with E-state index in [9.17, 15) is 0 Å². The lowest BCUT2D eigenvalue weighted by Crippen LogP contribution is -2.39. The van der Waals surface area contributed by atoms with Gasteiger partial charge in [-0.1, -0.05) is 30.9 Å². The van der Waals surface area contributed by atoms with Gasteiger partial charge in [0.25, 0.3) is 0 Å². The van der Waals surface area contributed by atoms with Crippen LogP contribution in [-0.2, 0) is 0 Å². The Morgan fingerprint density at radius 2 is 2.11 bits per heavy atom. The molecule has 2 N–H and O–H groups in total. The van der Waals surface area contributed by atoms with E-state index in [-0.39, 0.29) is 0 Å². The van der Waals surface area contributed by atoms with Crippen molar-refractivity contribution in [3.05, 3.63) is 21.8 Å².